The van der Waals surface area contributed by atoms with E-state index in [2.05, 4.69) is 11.4 Å². The van der Waals surface area contributed by atoms with E-state index in [4.69, 9.17) is 4.74 Å². The van der Waals surface area contributed by atoms with Crippen LogP contribution in [-0.4, -0.2) is 18.5 Å². The molecule has 0 fully saturated rings. The SMILES string of the molecule is CCCOC(=O)c1c(-c2ccc(C)cc2C)csc1NC(=O)c1ccc(C)s1. The third-order valence-corrected chi connectivity index (χ3v) is 6.19. The van der Waals surface area contributed by atoms with Crippen LogP contribution in [0.3, 0.4) is 0 Å². The van der Waals surface area contributed by atoms with E-state index < -0.39 is 5.97 Å². The molecule has 3 rings (SSSR count). The molecule has 0 saturated carbocycles. The van der Waals surface area contributed by atoms with Crippen LogP contribution in [-0.2, 0) is 4.74 Å². The molecule has 1 amide bonds. The summed E-state index contributed by atoms with van der Waals surface area (Å²) >= 11 is 2.77. The van der Waals surface area contributed by atoms with Gasteiger partial charge in [-0.05, 0) is 50.5 Å². The van der Waals surface area contributed by atoms with E-state index in [0.717, 1.165) is 33.6 Å². The van der Waals surface area contributed by atoms with Crippen molar-refractivity contribution in [2.45, 2.75) is 34.1 Å². The highest BCUT2D eigenvalue weighted by Crippen LogP contribution is 2.38. The maximum absolute atomic E-state index is 12.8. The standard InChI is InChI=1S/C22H23NO3S2/c1-5-10-26-22(25)19-17(16-8-6-13(2)11-14(16)3)12-27-21(19)23-20(24)18-9-7-15(4)28-18/h6-9,11-12H,5,10H2,1-4H3,(H,23,24). The molecule has 0 aliphatic carbocycles. The third-order valence-electron chi connectivity index (χ3n) is 4.30. The summed E-state index contributed by atoms with van der Waals surface area (Å²) in [4.78, 5) is 27.1. The Bertz CT molecular complexity index is 1020. The second-order valence-electron chi connectivity index (χ2n) is 6.67. The molecule has 0 aliphatic heterocycles. The van der Waals surface area contributed by atoms with E-state index >= 15 is 0 Å². The van der Waals surface area contributed by atoms with Crippen molar-refractivity contribution in [1.29, 1.82) is 0 Å². The van der Waals surface area contributed by atoms with Crippen molar-refractivity contribution >= 4 is 39.6 Å². The molecular weight excluding hydrogens is 390 g/mol. The molecule has 0 bridgehead atoms. The lowest BCUT2D eigenvalue weighted by Crippen LogP contribution is -2.14. The molecule has 28 heavy (non-hydrogen) atoms. The summed E-state index contributed by atoms with van der Waals surface area (Å²) in [6.07, 6.45) is 0.741. The number of nitrogens with one attached hydrogen (secondary N) is 1. The summed E-state index contributed by atoms with van der Waals surface area (Å²) in [6, 6.07) is 9.82. The number of rotatable bonds is 6. The molecule has 2 aromatic heterocycles. The van der Waals surface area contributed by atoms with Crippen molar-refractivity contribution in [1.82, 2.24) is 0 Å². The second-order valence-corrected chi connectivity index (χ2v) is 8.84. The molecule has 0 aliphatic rings. The van der Waals surface area contributed by atoms with Gasteiger partial charge in [0.1, 0.15) is 10.6 Å². The van der Waals surface area contributed by atoms with Crippen molar-refractivity contribution in [2.75, 3.05) is 11.9 Å². The predicted molar refractivity (Wildman–Crippen MR) is 117 cm³/mol. The topological polar surface area (TPSA) is 55.4 Å². The van der Waals surface area contributed by atoms with Crippen LogP contribution < -0.4 is 5.32 Å². The number of aryl methyl sites for hydroxylation is 3. The fourth-order valence-electron chi connectivity index (χ4n) is 2.95. The largest absolute Gasteiger partial charge is 0.462 e. The monoisotopic (exact) mass is 413 g/mol. The number of esters is 1. The van der Waals surface area contributed by atoms with Gasteiger partial charge in [0, 0.05) is 15.8 Å². The molecule has 6 heteroatoms. The zero-order valence-electron chi connectivity index (χ0n) is 16.4. The molecule has 0 saturated heterocycles. The molecule has 146 valence electrons. The molecule has 0 atom stereocenters. The molecule has 0 spiro atoms. The van der Waals surface area contributed by atoms with Gasteiger partial charge >= 0.3 is 5.97 Å². The number of benzene rings is 1. The normalized spacial score (nSPS) is 10.7. The number of anilines is 1. The van der Waals surface area contributed by atoms with E-state index in [9.17, 15) is 9.59 Å². The highest BCUT2D eigenvalue weighted by atomic mass is 32.1. The molecular formula is C22H23NO3S2. The van der Waals surface area contributed by atoms with Gasteiger partial charge in [-0.1, -0.05) is 30.7 Å². The van der Waals surface area contributed by atoms with Gasteiger partial charge in [-0.15, -0.1) is 22.7 Å². The third kappa shape index (κ3) is 4.34. The second kappa shape index (κ2) is 8.71. The van der Waals surface area contributed by atoms with Crippen molar-refractivity contribution in [2.24, 2.45) is 0 Å². The lowest BCUT2D eigenvalue weighted by atomic mass is 9.97. The molecule has 0 unspecified atom stereocenters. The maximum atomic E-state index is 12.8. The maximum Gasteiger partial charge on any atom is 0.341 e. The van der Waals surface area contributed by atoms with Gasteiger partial charge in [-0.25, -0.2) is 4.79 Å². The Balaban J connectivity index is 2.01. The quantitative estimate of drug-likeness (QED) is 0.488. The Morgan fingerprint density at radius 3 is 2.50 bits per heavy atom. The fourth-order valence-corrected chi connectivity index (χ4v) is 4.66. The van der Waals surface area contributed by atoms with Gasteiger partial charge in [0.2, 0.25) is 0 Å². The van der Waals surface area contributed by atoms with Crippen LogP contribution in [0, 0.1) is 20.8 Å². The Hall–Kier alpha value is -2.44. The van der Waals surface area contributed by atoms with Crippen molar-refractivity contribution in [3.63, 3.8) is 0 Å². The highest BCUT2D eigenvalue weighted by Gasteiger charge is 2.24. The number of hydrogen-bond donors (Lipinski definition) is 1. The smallest absolute Gasteiger partial charge is 0.341 e. The van der Waals surface area contributed by atoms with Crippen LogP contribution in [0.4, 0.5) is 5.00 Å². The van der Waals surface area contributed by atoms with E-state index in [1.807, 2.05) is 51.3 Å². The van der Waals surface area contributed by atoms with Crippen LogP contribution >= 0.6 is 22.7 Å². The Morgan fingerprint density at radius 2 is 1.86 bits per heavy atom. The minimum absolute atomic E-state index is 0.211. The number of ether oxygens (including phenoxy) is 1. The van der Waals surface area contributed by atoms with E-state index in [1.165, 1.54) is 22.7 Å². The average Bonchev–Trinajstić information content (AvgIpc) is 3.26. The van der Waals surface area contributed by atoms with Crippen LogP contribution in [0.15, 0.2) is 35.7 Å². The molecule has 4 nitrogen and oxygen atoms in total. The molecule has 1 aromatic carbocycles. The highest BCUT2D eigenvalue weighted by molar-refractivity contribution is 7.16. The van der Waals surface area contributed by atoms with Gasteiger partial charge in [0.15, 0.2) is 0 Å². The van der Waals surface area contributed by atoms with Gasteiger partial charge < -0.3 is 10.1 Å². The van der Waals surface area contributed by atoms with Crippen LogP contribution in [0.25, 0.3) is 11.1 Å². The first-order chi connectivity index (χ1) is 13.4. The Morgan fingerprint density at radius 1 is 1.07 bits per heavy atom. The summed E-state index contributed by atoms with van der Waals surface area (Å²) in [6.45, 7) is 8.31. The van der Waals surface area contributed by atoms with Gasteiger partial charge in [-0.2, -0.15) is 0 Å². The molecule has 3 aromatic rings. The van der Waals surface area contributed by atoms with Gasteiger partial charge in [-0.3, -0.25) is 4.79 Å². The van der Waals surface area contributed by atoms with Crippen molar-refractivity contribution in [3.8, 4) is 11.1 Å². The fraction of sp³-hybridized carbons (Fsp3) is 0.273. The number of carbonyl (C=O) groups excluding carboxylic acids is 2. The van der Waals surface area contributed by atoms with Crippen LogP contribution in [0.2, 0.25) is 0 Å². The summed E-state index contributed by atoms with van der Waals surface area (Å²) < 4.78 is 5.41. The van der Waals surface area contributed by atoms with E-state index in [0.29, 0.717) is 22.0 Å². The van der Waals surface area contributed by atoms with Crippen molar-refractivity contribution in [3.05, 3.63) is 62.2 Å². The van der Waals surface area contributed by atoms with E-state index in [-0.39, 0.29) is 5.91 Å². The van der Waals surface area contributed by atoms with Crippen molar-refractivity contribution < 1.29 is 14.3 Å². The zero-order valence-corrected chi connectivity index (χ0v) is 18.1. The summed E-state index contributed by atoms with van der Waals surface area (Å²) in [5.41, 5.74) is 4.42. The number of thiophene rings is 2. The van der Waals surface area contributed by atoms with Crippen LogP contribution in [0.5, 0.6) is 0 Å². The number of carbonyl (C=O) groups is 2. The molecule has 0 radical (unpaired) electrons. The first-order valence-electron chi connectivity index (χ1n) is 9.14. The predicted octanol–water partition coefficient (Wildman–Crippen LogP) is 6.22. The van der Waals surface area contributed by atoms with E-state index in [1.54, 1.807) is 6.07 Å². The average molecular weight is 414 g/mol. The minimum atomic E-state index is -0.407. The Kier molecular flexibility index (Phi) is 6.31. The zero-order chi connectivity index (χ0) is 20.3. The van der Waals surface area contributed by atoms with Crippen LogP contribution in [0.1, 0.15) is 49.4 Å². The summed E-state index contributed by atoms with van der Waals surface area (Å²) in [5.74, 6) is -0.618. The minimum Gasteiger partial charge on any atom is -0.462 e. The first-order valence-corrected chi connectivity index (χ1v) is 10.8. The summed E-state index contributed by atoms with van der Waals surface area (Å²) in [7, 11) is 0. The van der Waals surface area contributed by atoms with Gasteiger partial charge in [0.05, 0.1) is 11.5 Å². The lowest BCUT2D eigenvalue weighted by Gasteiger charge is -2.11. The Labute approximate surface area is 173 Å². The summed E-state index contributed by atoms with van der Waals surface area (Å²) in [5, 5.41) is 5.34. The lowest BCUT2D eigenvalue weighted by molar-refractivity contribution is 0.0508. The van der Waals surface area contributed by atoms with Gasteiger partial charge in [0.25, 0.3) is 5.91 Å². The number of amides is 1. The first kappa shape index (κ1) is 20.3. The molecule has 1 N–H and O–H groups in total. The number of hydrogen-bond acceptors (Lipinski definition) is 5. The molecule has 2 heterocycles.